The number of carbonyl (C=O) groups excluding carboxylic acids is 2. The van der Waals surface area contributed by atoms with Crippen molar-refractivity contribution in [2.75, 3.05) is 6.61 Å². The van der Waals surface area contributed by atoms with Crippen molar-refractivity contribution in [1.82, 2.24) is 0 Å². The van der Waals surface area contributed by atoms with Crippen molar-refractivity contribution >= 4 is 12.1 Å². The molecule has 0 radical (unpaired) electrons. The summed E-state index contributed by atoms with van der Waals surface area (Å²) in [6, 6.07) is 0. The Balaban J connectivity index is 3.39. The molecule has 0 aromatic rings. The van der Waals surface area contributed by atoms with Gasteiger partial charge in [-0.1, -0.05) is 0 Å². The number of carbonyl (C=O) groups is 2. The molecule has 0 amide bonds. The molecular formula is C3H3NO5. The van der Waals surface area contributed by atoms with Gasteiger partial charge in [-0.15, -0.1) is 10.1 Å². The van der Waals surface area contributed by atoms with Crippen LogP contribution in [0.15, 0.2) is 0 Å². The predicted octanol–water partition coefficient (Wildman–Crippen LogP) is -1.04. The summed E-state index contributed by atoms with van der Waals surface area (Å²) < 4.78 is 0. The van der Waals surface area contributed by atoms with Gasteiger partial charge in [0.05, 0.1) is 0 Å². The molecule has 9 heavy (non-hydrogen) atoms. The molecule has 0 heterocycles. The molecule has 50 valence electrons. The van der Waals surface area contributed by atoms with Crippen molar-refractivity contribution in [2.45, 2.75) is 0 Å². The maximum Gasteiger partial charge on any atom is 0.294 e. The molecule has 0 N–H and O–H groups in total. The molecule has 0 atom stereocenters. The number of aldehydes is 1. The second kappa shape index (κ2) is 3.53. The molecule has 0 bridgehead atoms. The van der Waals surface area contributed by atoms with E-state index in [9.17, 15) is 19.7 Å². The van der Waals surface area contributed by atoms with E-state index in [1.807, 2.05) is 0 Å². The fraction of sp³-hybridized carbons (Fsp3) is 0.333. The molecule has 0 spiro atoms. The van der Waals surface area contributed by atoms with Gasteiger partial charge in [-0.25, -0.2) is 0 Å². The van der Waals surface area contributed by atoms with Crippen LogP contribution >= 0.6 is 0 Å². The highest BCUT2D eigenvalue weighted by Crippen LogP contribution is 1.73. The lowest BCUT2D eigenvalue weighted by molar-refractivity contribution is -0.754. The zero-order chi connectivity index (χ0) is 7.28. The summed E-state index contributed by atoms with van der Waals surface area (Å²) in [5.74, 6) is -0.952. The van der Waals surface area contributed by atoms with Crippen molar-refractivity contribution in [3.05, 3.63) is 10.1 Å². The van der Waals surface area contributed by atoms with Gasteiger partial charge in [-0.2, -0.15) is 0 Å². The number of nitrogens with zero attached hydrogens (tertiary/aromatic N) is 1. The van der Waals surface area contributed by atoms with E-state index in [2.05, 4.69) is 4.84 Å². The van der Waals surface area contributed by atoms with Gasteiger partial charge in [0.25, 0.3) is 5.09 Å². The van der Waals surface area contributed by atoms with Crippen molar-refractivity contribution < 1.29 is 19.5 Å². The monoisotopic (exact) mass is 133 g/mol. The maximum atomic E-state index is 9.92. The van der Waals surface area contributed by atoms with Gasteiger partial charge in [0.15, 0.2) is 12.9 Å². The first-order valence-corrected chi connectivity index (χ1v) is 1.92. The van der Waals surface area contributed by atoms with Crippen LogP contribution in [0.5, 0.6) is 0 Å². The molecule has 0 aliphatic carbocycles. The lowest BCUT2D eigenvalue weighted by Gasteiger charge is -1.88. The van der Waals surface area contributed by atoms with Crippen LogP contribution in [0.3, 0.4) is 0 Å². The van der Waals surface area contributed by atoms with Gasteiger partial charge >= 0.3 is 0 Å². The summed E-state index contributed by atoms with van der Waals surface area (Å²) >= 11 is 0. The van der Waals surface area contributed by atoms with Gasteiger partial charge < -0.3 is 4.84 Å². The third kappa shape index (κ3) is 4.39. The summed E-state index contributed by atoms with van der Waals surface area (Å²) in [6.07, 6.45) is -0.0382. The molecule has 0 aliphatic rings. The molecule has 0 rings (SSSR count). The average Bonchev–Trinajstić information content (AvgIpc) is 1.83. The Kier molecular flexibility index (Phi) is 2.96. The lowest BCUT2D eigenvalue weighted by atomic mass is 10.5. The van der Waals surface area contributed by atoms with E-state index < -0.39 is 17.5 Å². The Labute approximate surface area is 49.5 Å². The maximum absolute atomic E-state index is 9.92. The Morgan fingerprint density at radius 3 is 2.67 bits per heavy atom. The van der Waals surface area contributed by atoms with Crippen LogP contribution in [0.25, 0.3) is 0 Å². The zero-order valence-electron chi connectivity index (χ0n) is 4.27. The van der Waals surface area contributed by atoms with Gasteiger partial charge in [0.1, 0.15) is 0 Å². The molecule has 0 aliphatic heterocycles. The minimum absolute atomic E-state index is 0.0382. The zero-order valence-corrected chi connectivity index (χ0v) is 4.27. The fourth-order valence-electron chi connectivity index (χ4n) is 0.150. The molecule has 0 unspecified atom stereocenters. The van der Waals surface area contributed by atoms with Crippen LogP contribution < -0.4 is 0 Å². The van der Waals surface area contributed by atoms with Crippen molar-refractivity contribution in [2.24, 2.45) is 0 Å². The molecule has 0 fully saturated rings. The van der Waals surface area contributed by atoms with E-state index >= 15 is 0 Å². The lowest BCUT2D eigenvalue weighted by Crippen LogP contribution is -2.12. The number of hydrogen-bond acceptors (Lipinski definition) is 5. The van der Waals surface area contributed by atoms with Gasteiger partial charge in [0, 0.05) is 0 Å². The van der Waals surface area contributed by atoms with E-state index in [1.165, 1.54) is 0 Å². The summed E-state index contributed by atoms with van der Waals surface area (Å²) in [5, 5.41) is 8.20. The molecule has 0 saturated heterocycles. The SMILES string of the molecule is O=CC(=O)CO[N+](=O)[O-]. The van der Waals surface area contributed by atoms with Crippen LogP contribution in [0.1, 0.15) is 0 Å². The highest BCUT2D eigenvalue weighted by atomic mass is 16.9. The topological polar surface area (TPSA) is 86.5 Å². The molecule has 0 saturated carbocycles. The van der Waals surface area contributed by atoms with E-state index in [-0.39, 0.29) is 6.29 Å². The summed E-state index contributed by atoms with van der Waals surface area (Å²) in [7, 11) is 0. The summed E-state index contributed by atoms with van der Waals surface area (Å²) in [4.78, 5) is 32.3. The third-order valence-corrected chi connectivity index (χ3v) is 0.444. The quantitative estimate of drug-likeness (QED) is 0.211. The highest BCUT2D eigenvalue weighted by molar-refractivity contribution is 6.25. The van der Waals surface area contributed by atoms with Crippen LogP contribution in [0.4, 0.5) is 0 Å². The second-order valence-electron chi connectivity index (χ2n) is 1.08. The van der Waals surface area contributed by atoms with Crippen LogP contribution in [0, 0.1) is 10.1 Å². The molecule has 0 aromatic carbocycles. The van der Waals surface area contributed by atoms with Crippen molar-refractivity contribution in [3.8, 4) is 0 Å². The van der Waals surface area contributed by atoms with E-state index in [0.717, 1.165) is 0 Å². The van der Waals surface area contributed by atoms with Crippen molar-refractivity contribution in [3.63, 3.8) is 0 Å². The molecular weight excluding hydrogens is 130 g/mol. The number of hydrogen-bond donors (Lipinski definition) is 0. The second-order valence-corrected chi connectivity index (χ2v) is 1.08. The first-order chi connectivity index (χ1) is 4.16. The van der Waals surface area contributed by atoms with Crippen molar-refractivity contribution in [1.29, 1.82) is 0 Å². The Bertz CT molecular complexity index is 141. The highest BCUT2D eigenvalue weighted by Gasteiger charge is 2.00. The number of Topliss-reactive ketones (excluding diaryl/α,β-unsaturated/α-hetero) is 1. The standard InChI is InChI=1S/C3H3NO5/c5-1-3(6)2-9-4(7)8/h1H,2H2. The van der Waals surface area contributed by atoms with E-state index in [0.29, 0.717) is 0 Å². The summed E-state index contributed by atoms with van der Waals surface area (Å²) in [5.41, 5.74) is 0. The minimum atomic E-state index is -1.14. The van der Waals surface area contributed by atoms with Gasteiger partial charge in [0.2, 0.25) is 5.78 Å². The predicted molar refractivity (Wildman–Crippen MR) is 24.0 cm³/mol. The average molecular weight is 133 g/mol. The fourth-order valence-corrected chi connectivity index (χ4v) is 0.150. The largest absolute Gasteiger partial charge is 0.305 e. The third-order valence-electron chi connectivity index (χ3n) is 0.444. The van der Waals surface area contributed by atoms with Gasteiger partial charge in [-0.3, -0.25) is 9.59 Å². The smallest absolute Gasteiger partial charge is 0.294 e. The van der Waals surface area contributed by atoms with E-state index in [4.69, 9.17) is 0 Å². The molecule has 6 heteroatoms. The first kappa shape index (κ1) is 7.54. The summed E-state index contributed by atoms with van der Waals surface area (Å²) in [6.45, 7) is -0.795. The van der Waals surface area contributed by atoms with Crippen LogP contribution in [-0.2, 0) is 14.4 Å². The first-order valence-electron chi connectivity index (χ1n) is 1.92. The number of rotatable bonds is 4. The number of ketones is 1. The normalized spacial score (nSPS) is 8.00. The Morgan fingerprint density at radius 2 is 2.33 bits per heavy atom. The Morgan fingerprint density at radius 1 is 1.78 bits per heavy atom. The van der Waals surface area contributed by atoms with Crippen LogP contribution in [0.2, 0.25) is 0 Å². The van der Waals surface area contributed by atoms with Crippen LogP contribution in [-0.4, -0.2) is 23.8 Å². The molecule has 6 nitrogen and oxygen atoms in total. The molecule has 0 aromatic heterocycles. The Hall–Kier alpha value is -1.46. The van der Waals surface area contributed by atoms with Gasteiger partial charge in [-0.05, 0) is 0 Å². The minimum Gasteiger partial charge on any atom is -0.305 e. The van der Waals surface area contributed by atoms with E-state index in [1.54, 1.807) is 0 Å².